The van der Waals surface area contributed by atoms with Crippen LogP contribution < -0.4 is 4.90 Å². The topological polar surface area (TPSA) is 66.7 Å². The van der Waals surface area contributed by atoms with Gasteiger partial charge in [0.1, 0.15) is 5.69 Å². The highest BCUT2D eigenvalue weighted by Gasteiger charge is 2.30. The molecule has 19 heavy (non-hydrogen) atoms. The maximum Gasteiger partial charge on any atom is 0.293 e. The molecule has 0 saturated carbocycles. The Labute approximate surface area is 111 Å². The van der Waals surface area contributed by atoms with E-state index in [0.717, 1.165) is 0 Å². The molecule has 0 unspecified atom stereocenters. The van der Waals surface area contributed by atoms with E-state index < -0.39 is 4.92 Å². The van der Waals surface area contributed by atoms with Crippen molar-refractivity contribution in [3.63, 3.8) is 0 Å². The van der Waals surface area contributed by atoms with Crippen molar-refractivity contribution >= 4 is 17.3 Å². The maximum atomic E-state index is 12.4. The highest BCUT2D eigenvalue weighted by atomic mass is 16.6. The molecule has 0 N–H and O–H groups in total. The smallest absolute Gasteiger partial charge is 0.293 e. The zero-order valence-corrected chi connectivity index (χ0v) is 11.1. The quantitative estimate of drug-likeness (QED) is 0.617. The third-order valence-electron chi connectivity index (χ3n) is 3.45. The summed E-state index contributed by atoms with van der Waals surface area (Å²) in [6, 6.07) is 4.69. The Hall–Kier alpha value is -2.11. The number of para-hydroxylation sites is 1. The Morgan fingerprint density at radius 2 is 1.84 bits per heavy atom. The van der Waals surface area contributed by atoms with Gasteiger partial charge in [-0.1, -0.05) is 6.07 Å². The van der Waals surface area contributed by atoms with Crippen LogP contribution in [0.5, 0.6) is 0 Å². The minimum Gasteiger partial charge on any atom is -0.364 e. The van der Waals surface area contributed by atoms with E-state index in [1.165, 1.54) is 6.07 Å². The number of likely N-dealkylation sites (N-methyl/N-ethyl adjacent to an activating group) is 2. The first-order chi connectivity index (χ1) is 9.10. The van der Waals surface area contributed by atoms with Crippen molar-refractivity contribution in [2.45, 2.75) is 13.8 Å². The van der Waals surface area contributed by atoms with Gasteiger partial charge in [0, 0.05) is 32.2 Å². The molecule has 0 spiro atoms. The number of nitro groups is 1. The average Bonchev–Trinajstić information content (AvgIpc) is 2.55. The molecule has 2 rings (SSSR count). The predicted octanol–water partition coefficient (Wildman–Crippen LogP) is 1.90. The van der Waals surface area contributed by atoms with Crippen LogP contribution in [0.1, 0.15) is 24.2 Å². The summed E-state index contributed by atoms with van der Waals surface area (Å²) in [6.07, 6.45) is 0. The molecule has 0 saturated heterocycles. The highest BCUT2D eigenvalue weighted by Crippen LogP contribution is 2.34. The monoisotopic (exact) mass is 263 g/mol. The molecule has 1 aromatic carbocycles. The second kappa shape index (κ2) is 5.26. The summed E-state index contributed by atoms with van der Waals surface area (Å²) in [5.41, 5.74) is 0.886. The molecule has 6 nitrogen and oxygen atoms in total. The Bertz CT molecular complexity index is 516. The zero-order valence-electron chi connectivity index (χ0n) is 11.1. The van der Waals surface area contributed by atoms with E-state index in [9.17, 15) is 14.9 Å². The summed E-state index contributed by atoms with van der Waals surface area (Å²) in [4.78, 5) is 26.7. The van der Waals surface area contributed by atoms with Crippen LogP contribution in [0.15, 0.2) is 18.2 Å². The fraction of sp³-hybridized carbons (Fsp3) is 0.462. The normalized spacial score (nSPS) is 15.2. The molecule has 1 heterocycles. The largest absolute Gasteiger partial charge is 0.364 e. The van der Waals surface area contributed by atoms with Gasteiger partial charge in [-0.15, -0.1) is 0 Å². The fourth-order valence-corrected chi connectivity index (χ4v) is 2.43. The molecule has 6 heteroatoms. The Kier molecular flexibility index (Phi) is 3.69. The van der Waals surface area contributed by atoms with E-state index in [-0.39, 0.29) is 11.6 Å². The summed E-state index contributed by atoms with van der Waals surface area (Å²) < 4.78 is 0. The van der Waals surface area contributed by atoms with Crippen molar-refractivity contribution in [1.82, 2.24) is 4.90 Å². The van der Waals surface area contributed by atoms with Gasteiger partial charge in [-0.25, -0.2) is 0 Å². The summed E-state index contributed by atoms with van der Waals surface area (Å²) in [7, 11) is 0. The summed E-state index contributed by atoms with van der Waals surface area (Å²) in [6.45, 7) is 6.31. The highest BCUT2D eigenvalue weighted by molar-refractivity contribution is 6.02. The minimum atomic E-state index is -0.420. The number of carbonyl (C=O) groups excluding carboxylic acids is 1. The van der Waals surface area contributed by atoms with Gasteiger partial charge < -0.3 is 9.80 Å². The van der Waals surface area contributed by atoms with Crippen molar-refractivity contribution in [3.8, 4) is 0 Å². The van der Waals surface area contributed by atoms with Crippen molar-refractivity contribution in [1.29, 1.82) is 0 Å². The first-order valence-electron chi connectivity index (χ1n) is 6.41. The molecule has 0 aliphatic carbocycles. The van der Waals surface area contributed by atoms with Gasteiger partial charge >= 0.3 is 0 Å². The van der Waals surface area contributed by atoms with Crippen LogP contribution in [0.3, 0.4) is 0 Å². The third kappa shape index (κ3) is 2.25. The van der Waals surface area contributed by atoms with Crippen LogP contribution in [-0.2, 0) is 0 Å². The third-order valence-corrected chi connectivity index (χ3v) is 3.45. The summed E-state index contributed by atoms with van der Waals surface area (Å²) in [5.74, 6) is -0.128. The van der Waals surface area contributed by atoms with E-state index in [4.69, 9.17) is 0 Å². The lowest BCUT2D eigenvalue weighted by molar-refractivity contribution is -0.384. The number of amides is 1. The van der Waals surface area contributed by atoms with E-state index in [1.807, 2.05) is 18.7 Å². The predicted molar refractivity (Wildman–Crippen MR) is 72.6 cm³/mol. The van der Waals surface area contributed by atoms with Crippen molar-refractivity contribution in [2.75, 3.05) is 31.1 Å². The average molecular weight is 263 g/mol. The molecule has 0 atom stereocenters. The number of carbonyl (C=O) groups is 1. The van der Waals surface area contributed by atoms with Gasteiger partial charge in [0.2, 0.25) is 0 Å². The van der Waals surface area contributed by atoms with Gasteiger partial charge in [0.15, 0.2) is 0 Å². The number of hydrogen-bond donors (Lipinski definition) is 0. The zero-order chi connectivity index (χ0) is 14.0. The van der Waals surface area contributed by atoms with Gasteiger partial charge in [0.05, 0.1) is 10.5 Å². The Morgan fingerprint density at radius 3 is 2.42 bits per heavy atom. The lowest BCUT2D eigenvalue weighted by Gasteiger charge is -2.22. The second-order valence-electron chi connectivity index (χ2n) is 4.39. The van der Waals surface area contributed by atoms with Crippen molar-refractivity contribution < 1.29 is 9.72 Å². The molecule has 0 aromatic heterocycles. The van der Waals surface area contributed by atoms with E-state index in [1.54, 1.807) is 17.0 Å². The number of nitro benzene ring substituents is 1. The van der Waals surface area contributed by atoms with Crippen LogP contribution in [-0.4, -0.2) is 41.9 Å². The Morgan fingerprint density at radius 1 is 1.21 bits per heavy atom. The number of fused-ring (bicyclic) bond motifs is 1. The maximum absolute atomic E-state index is 12.4. The van der Waals surface area contributed by atoms with Gasteiger partial charge in [0.25, 0.3) is 11.6 Å². The molecular weight excluding hydrogens is 246 g/mol. The van der Waals surface area contributed by atoms with Crippen LogP contribution in [0, 0.1) is 10.1 Å². The molecule has 0 fully saturated rings. The van der Waals surface area contributed by atoms with E-state index >= 15 is 0 Å². The fourth-order valence-electron chi connectivity index (χ4n) is 2.43. The second-order valence-corrected chi connectivity index (χ2v) is 4.39. The van der Waals surface area contributed by atoms with Gasteiger partial charge in [-0.05, 0) is 19.9 Å². The van der Waals surface area contributed by atoms with Crippen molar-refractivity contribution in [3.05, 3.63) is 33.9 Å². The Balaban J connectivity index is 2.62. The molecule has 0 radical (unpaired) electrons. The SMILES string of the molecule is CCN1CCN(CC)c2c(cccc2[N+](=O)[O-])C1=O. The molecule has 1 amide bonds. The lowest BCUT2D eigenvalue weighted by Crippen LogP contribution is -2.34. The van der Waals surface area contributed by atoms with E-state index in [0.29, 0.717) is 37.4 Å². The molecule has 0 bridgehead atoms. The number of benzene rings is 1. The summed E-state index contributed by atoms with van der Waals surface area (Å²) in [5, 5.41) is 11.2. The molecular formula is C13H17N3O3. The summed E-state index contributed by atoms with van der Waals surface area (Å²) >= 11 is 0. The number of rotatable bonds is 3. The standard InChI is InChI=1S/C13H17N3O3/c1-3-14-8-9-15(4-2)13(17)10-6-5-7-11(12(10)14)16(18)19/h5-7H,3-4,8-9H2,1-2H3. The van der Waals surface area contributed by atoms with Crippen LogP contribution >= 0.6 is 0 Å². The molecule has 102 valence electrons. The number of hydrogen-bond acceptors (Lipinski definition) is 4. The van der Waals surface area contributed by atoms with Gasteiger partial charge in [-0.2, -0.15) is 0 Å². The first kappa shape index (κ1) is 13.3. The van der Waals surface area contributed by atoms with Crippen LogP contribution in [0.2, 0.25) is 0 Å². The minimum absolute atomic E-state index is 0.00523. The lowest BCUT2D eigenvalue weighted by atomic mass is 10.1. The number of anilines is 1. The van der Waals surface area contributed by atoms with Crippen molar-refractivity contribution in [2.24, 2.45) is 0 Å². The van der Waals surface area contributed by atoms with E-state index in [2.05, 4.69) is 0 Å². The van der Waals surface area contributed by atoms with Crippen LogP contribution in [0.25, 0.3) is 0 Å². The van der Waals surface area contributed by atoms with Crippen LogP contribution in [0.4, 0.5) is 11.4 Å². The van der Waals surface area contributed by atoms with Gasteiger partial charge in [-0.3, -0.25) is 14.9 Å². The first-order valence-corrected chi connectivity index (χ1v) is 6.41. The molecule has 1 aromatic rings. The molecule has 1 aliphatic rings. The number of nitrogens with zero attached hydrogens (tertiary/aromatic N) is 3. The molecule has 1 aliphatic heterocycles.